The SMILES string of the molecule is COCCONCc1cc(Cl)ccc1OC. The molecule has 16 heavy (non-hydrogen) atoms. The summed E-state index contributed by atoms with van der Waals surface area (Å²) in [6.07, 6.45) is 0. The van der Waals surface area contributed by atoms with Crippen molar-refractivity contribution in [2.75, 3.05) is 27.4 Å². The molecule has 0 unspecified atom stereocenters. The molecule has 0 aromatic heterocycles. The second-order valence-corrected chi connectivity index (χ2v) is 3.55. The smallest absolute Gasteiger partial charge is 0.123 e. The van der Waals surface area contributed by atoms with Gasteiger partial charge in [0.1, 0.15) is 5.75 Å². The van der Waals surface area contributed by atoms with Crippen molar-refractivity contribution in [3.05, 3.63) is 28.8 Å². The number of hydroxylamine groups is 1. The van der Waals surface area contributed by atoms with Crippen LogP contribution in [-0.4, -0.2) is 27.4 Å². The standard InChI is InChI=1S/C11H16ClNO3/c1-14-5-6-16-13-8-9-7-10(12)3-4-11(9)15-2/h3-4,7,13H,5-6,8H2,1-2H3. The highest BCUT2D eigenvalue weighted by atomic mass is 35.5. The lowest BCUT2D eigenvalue weighted by atomic mass is 10.2. The summed E-state index contributed by atoms with van der Waals surface area (Å²) in [6.45, 7) is 1.59. The van der Waals surface area contributed by atoms with Gasteiger partial charge in [-0.2, -0.15) is 5.48 Å². The van der Waals surface area contributed by atoms with E-state index in [0.29, 0.717) is 24.8 Å². The van der Waals surface area contributed by atoms with Crippen LogP contribution in [0.25, 0.3) is 0 Å². The summed E-state index contributed by atoms with van der Waals surface area (Å²) in [5.41, 5.74) is 3.77. The number of ether oxygens (including phenoxy) is 2. The van der Waals surface area contributed by atoms with Crippen LogP contribution in [0, 0.1) is 0 Å². The Kier molecular flexibility index (Phi) is 6.18. The first-order chi connectivity index (χ1) is 7.77. The van der Waals surface area contributed by atoms with Gasteiger partial charge < -0.3 is 9.47 Å². The summed E-state index contributed by atoms with van der Waals surface area (Å²) in [5, 5.41) is 0.675. The highest BCUT2D eigenvalue weighted by Gasteiger charge is 2.03. The molecule has 90 valence electrons. The maximum atomic E-state index is 5.89. The Morgan fingerprint density at radius 2 is 2.06 bits per heavy atom. The third-order valence-electron chi connectivity index (χ3n) is 2.00. The second kappa shape index (κ2) is 7.46. The molecule has 1 aromatic rings. The van der Waals surface area contributed by atoms with Gasteiger partial charge in [0, 0.05) is 24.2 Å². The molecule has 0 atom stereocenters. The van der Waals surface area contributed by atoms with E-state index in [9.17, 15) is 0 Å². The minimum Gasteiger partial charge on any atom is -0.496 e. The van der Waals surface area contributed by atoms with Crippen LogP contribution in [0.1, 0.15) is 5.56 Å². The zero-order valence-corrected chi connectivity index (χ0v) is 10.2. The van der Waals surface area contributed by atoms with Crippen molar-refractivity contribution in [3.63, 3.8) is 0 Å². The van der Waals surface area contributed by atoms with Gasteiger partial charge in [-0.25, -0.2) is 0 Å². The molecule has 0 spiro atoms. The molecule has 0 heterocycles. The molecular formula is C11H16ClNO3. The number of nitrogens with one attached hydrogen (secondary N) is 1. The van der Waals surface area contributed by atoms with Crippen molar-refractivity contribution in [3.8, 4) is 5.75 Å². The molecule has 1 aromatic carbocycles. The number of methoxy groups -OCH3 is 2. The van der Waals surface area contributed by atoms with Crippen molar-refractivity contribution in [2.24, 2.45) is 0 Å². The number of halogens is 1. The fourth-order valence-corrected chi connectivity index (χ4v) is 1.41. The van der Waals surface area contributed by atoms with Gasteiger partial charge in [0.15, 0.2) is 0 Å². The van der Waals surface area contributed by atoms with Crippen LogP contribution in [0.4, 0.5) is 0 Å². The Morgan fingerprint density at radius 1 is 1.25 bits per heavy atom. The molecule has 0 aliphatic rings. The van der Waals surface area contributed by atoms with E-state index in [1.54, 1.807) is 20.3 Å². The Morgan fingerprint density at radius 3 is 2.75 bits per heavy atom. The number of hydrogen-bond donors (Lipinski definition) is 1. The topological polar surface area (TPSA) is 39.7 Å². The number of benzene rings is 1. The van der Waals surface area contributed by atoms with Crippen LogP contribution in [0.5, 0.6) is 5.75 Å². The fraction of sp³-hybridized carbons (Fsp3) is 0.455. The lowest BCUT2D eigenvalue weighted by Crippen LogP contribution is -2.17. The molecule has 1 rings (SSSR count). The molecule has 0 aliphatic carbocycles. The predicted molar refractivity (Wildman–Crippen MR) is 62.7 cm³/mol. The van der Waals surface area contributed by atoms with Gasteiger partial charge in [-0.3, -0.25) is 4.84 Å². The van der Waals surface area contributed by atoms with E-state index in [1.807, 2.05) is 12.1 Å². The Hall–Kier alpha value is -0.810. The molecule has 0 saturated heterocycles. The largest absolute Gasteiger partial charge is 0.496 e. The van der Waals surface area contributed by atoms with Crippen molar-refractivity contribution in [1.29, 1.82) is 0 Å². The van der Waals surface area contributed by atoms with Crippen LogP contribution in [0.2, 0.25) is 5.02 Å². The summed E-state index contributed by atoms with van der Waals surface area (Å²) in [6, 6.07) is 5.46. The third-order valence-corrected chi connectivity index (χ3v) is 2.23. The van der Waals surface area contributed by atoms with Crippen LogP contribution in [0.15, 0.2) is 18.2 Å². The minimum absolute atomic E-state index is 0.499. The molecule has 4 nitrogen and oxygen atoms in total. The van der Waals surface area contributed by atoms with Crippen LogP contribution in [-0.2, 0) is 16.1 Å². The van der Waals surface area contributed by atoms with Crippen molar-refractivity contribution >= 4 is 11.6 Å². The minimum atomic E-state index is 0.499. The summed E-state index contributed by atoms with van der Waals surface area (Å²) >= 11 is 5.89. The zero-order chi connectivity index (χ0) is 11.8. The monoisotopic (exact) mass is 245 g/mol. The van der Waals surface area contributed by atoms with Gasteiger partial charge >= 0.3 is 0 Å². The van der Waals surface area contributed by atoms with Gasteiger partial charge in [-0.15, -0.1) is 0 Å². The average Bonchev–Trinajstić information content (AvgIpc) is 2.29. The van der Waals surface area contributed by atoms with Gasteiger partial charge in [-0.05, 0) is 18.2 Å². The molecule has 0 radical (unpaired) electrons. The molecule has 0 saturated carbocycles. The first kappa shape index (κ1) is 13.3. The lowest BCUT2D eigenvalue weighted by Gasteiger charge is -2.10. The second-order valence-electron chi connectivity index (χ2n) is 3.12. The first-order valence-electron chi connectivity index (χ1n) is 4.94. The highest BCUT2D eigenvalue weighted by molar-refractivity contribution is 6.30. The van der Waals surface area contributed by atoms with E-state index < -0.39 is 0 Å². The Balaban J connectivity index is 2.42. The van der Waals surface area contributed by atoms with Crippen molar-refractivity contribution in [2.45, 2.75) is 6.54 Å². The van der Waals surface area contributed by atoms with Crippen molar-refractivity contribution in [1.82, 2.24) is 5.48 Å². The maximum Gasteiger partial charge on any atom is 0.123 e. The number of rotatable bonds is 7. The van der Waals surface area contributed by atoms with Gasteiger partial charge in [0.2, 0.25) is 0 Å². The summed E-state index contributed by atoms with van der Waals surface area (Å²) in [4.78, 5) is 5.14. The zero-order valence-electron chi connectivity index (χ0n) is 9.46. The molecule has 0 fully saturated rings. The Labute approximate surface area is 100 Å². The van der Waals surface area contributed by atoms with E-state index in [4.69, 9.17) is 25.9 Å². The van der Waals surface area contributed by atoms with E-state index in [2.05, 4.69) is 5.48 Å². The van der Waals surface area contributed by atoms with E-state index in [0.717, 1.165) is 11.3 Å². The maximum absolute atomic E-state index is 5.89. The van der Waals surface area contributed by atoms with Crippen LogP contribution in [0.3, 0.4) is 0 Å². The summed E-state index contributed by atoms with van der Waals surface area (Å²) < 4.78 is 10.0. The molecule has 0 amide bonds. The average molecular weight is 246 g/mol. The van der Waals surface area contributed by atoms with Gasteiger partial charge in [0.05, 0.1) is 20.3 Å². The normalized spacial score (nSPS) is 10.4. The van der Waals surface area contributed by atoms with Gasteiger partial charge in [0.25, 0.3) is 0 Å². The molecule has 0 bridgehead atoms. The summed E-state index contributed by atoms with van der Waals surface area (Å²) in [5.74, 6) is 0.784. The molecule has 1 N–H and O–H groups in total. The lowest BCUT2D eigenvalue weighted by molar-refractivity contribution is 0.00322. The first-order valence-corrected chi connectivity index (χ1v) is 5.31. The van der Waals surface area contributed by atoms with E-state index >= 15 is 0 Å². The van der Waals surface area contributed by atoms with Crippen LogP contribution >= 0.6 is 11.6 Å². The van der Waals surface area contributed by atoms with Crippen LogP contribution < -0.4 is 10.2 Å². The van der Waals surface area contributed by atoms with Crippen molar-refractivity contribution < 1.29 is 14.3 Å². The summed E-state index contributed by atoms with van der Waals surface area (Å²) in [7, 11) is 3.25. The molecular weight excluding hydrogens is 230 g/mol. The van der Waals surface area contributed by atoms with E-state index in [1.165, 1.54) is 0 Å². The molecule has 5 heteroatoms. The number of hydrogen-bond acceptors (Lipinski definition) is 4. The fourth-order valence-electron chi connectivity index (χ4n) is 1.21. The third kappa shape index (κ3) is 4.37. The van der Waals surface area contributed by atoms with E-state index in [-0.39, 0.29) is 0 Å². The quantitative estimate of drug-likeness (QED) is 0.589. The Bertz CT molecular complexity index is 320. The molecule has 0 aliphatic heterocycles. The predicted octanol–water partition coefficient (Wildman–Crippen LogP) is 2.02. The highest BCUT2D eigenvalue weighted by Crippen LogP contribution is 2.22. The van der Waals surface area contributed by atoms with Gasteiger partial charge in [-0.1, -0.05) is 11.6 Å².